The fraction of sp³-hybridized carbons (Fsp3) is 0.333. The highest BCUT2D eigenvalue weighted by Gasteiger charge is 2.33. The van der Waals surface area contributed by atoms with E-state index in [1.165, 1.54) is 13.4 Å². The molecule has 1 unspecified atom stereocenters. The Labute approximate surface area is 114 Å². The smallest absolute Gasteiger partial charge is 0.347 e. The first-order chi connectivity index (χ1) is 9.54. The molecule has 1 atom stereocenters. The second-order valence-electron chi connectivity index (χ2n) is 5.06. The van der Waals surface area contributed by atoms with Crippen LogP contribution in [0.25, 0.3) is 10.8 Å². The molecule has 1 heterocycles. The third-order valence-electron chi connectivity index (χ3n) is 4.06. The van der Waals surface area contributed by atoms with E-state index >= 15 is 0 Å². The first-order valence-electron chi connectivity index (χ1n) is 6.37. The van der Waals surface area contributed by atoms with Crippen LogP contribution in [0.5, 0.6) is 5.75 Å². The van der Waals surface area contributed by atoms with Gasteiger partial charge in [-0.2, -0.15) is 0 Å². The molecule has 2 aromatic rings. The summed E-state index contributed by atoms with van der Waals surface area (Å²) in [5.74, 6) is -0.666. The summed E-state index contributed by atoms with van der Waals surface area (Å²) in [6, 6.07) is 1.66. The molecule has 1 aromatic carbocycles. The first kappa shape index (κ1) is 12.7. The number of esters is 1. The Bertz CT molecular complexity index is 772. The van der Waals surface area contributed by atoms with E-state index in [4.69, 9.17) is 9.15 Å². The number of carbonyl (C=O) groups is 1. The van der Waals surface area contributed by atoms with Gasteiger partial charge in [-0.25, -0.2) is 4.79 Å². The standard InChI is InChI=1S/C15H14O5/c1-7-9-3-4-20-15(18)12(9)13(16)11-6-8(5-10(7)11)14(17)19-2/h3-4,8,16H,5-6H2,1-2H3. The Morgan fingerprint density at radius 2 is 2.10 bits per heavy atom. The quantitative estimate of drug-likeness (QED) is 0.801. The molecule has 1 aromatic heterocycles. The zero-order valence-corrected chi connectivity index (χ0v) is 11.2. The van der Waals surface area contributed by atoms with Gasteiger partial charge in [-0.05, 0) is 47.9 Å². The molecule has 1 aliphatic carbocycles. The molecule has 5 heteroatoms. The van der Waals surface area contributed by atoms with Gasteiger partial charge in [-0.3, -0.25) is 4.79 Å². The van der Waals surface area contributed by atoms with Gasteiger partial charge in [0.05, 0.1) is 19.3 Å². The van der Waals surface area contributed by atoms with E-state index in [0.717, 1.165) is 11.1 Å². The van der Waals surface area contributed by atoms with Crippen molar-refractivity contribution >= 4 is 16.7 Å². The fourth-order valence-corrected chi connectivity index (χ4v) is 3.03. The monoisotopic (exact) mass is 274 g/mol. The molecule has 1 N–H and O–H groups in total. The topological polar surface area (TPSA) is 76.7 Å². The molecule has 0 amide bonds. The van der Waals surface area contributed by atoms with E-state index in [1.54, 1.807) is 6.07 Å². The summed E-state index contributed by atoms with van der Waals surface area (Å²) in [4.78, 5) is 23.5. The Kier molecular flexibility index (Phi) is 2.78. The molecule has 104 valence electrons. The number of methoxy groups -OCH3 is 1. The Morgan fingerprint density at radius 3 is 2.80 bits per heavy atom. The van der Waals surface area contributed by atoms with Crippen molar-refractivity contribution in [3.63, 3.8) is 0 Å². The van der Waals surface area contributed by atoms with E-state index < -0.39 is 5.63 Å². The zero-order valence-electron chi connectivity index (χ0n) is 11.2. The third-order valence-corrected chi connectivity index (χ3v) is 4.06. The van der Waals surface area contributed by atoms with E-state index in [0.29, 0.717) is 23.8 Å². The first-order valence-corrected chi connectivity index (χ1v) is 6.37. The molecule has 0 bridgehead atoms. The highest BCUT2D eigenvalue weighted by molar-refractivity contribution is 5.93. The maximum atomic E-state index is 11.8. The van der Waals surface area contributed by atoms with Gasteiger partial charge in [0.15, 0.2) is 0 Å². The summed E-state index contributed by atoms with van der Waals surface area (Å²) in [6.45, 7) is 1.89. The van der Waals surface area contributed by atoms with Gasteiger partial charge in [-0.15, -0.1) is 0 Å². The van der Waals surface area contributed by atoms with Gasteiger partial charge in [0.2, 0.25) is 0 Å². The lowest BCUT2D eigenvalue weighted by Gasteiger charge is -2.10. The number of aromatic hydroxyl groups is 1. The van der Waals surface area contributed by atoms with Crippen molar-refractivity contribution in [3.8, 4) is 5.75 Å². The average molecular weight is 274 g/mol. The molecule has 0 fully saturated rings. The van der Waals surface area contributed by atoms with Crippen LogP contribution in [0.2, 0.25) is 0 Å². The molecule has 5 nitrogen and oxygen atoms in total. The minimum Gasteiger partial charge on any atom is -0.507 e. The number of ether oxygens (including phenoxy) is 1. The zero-order chi connectivity index (χ0) is 14.4. The van der Waals surface area contributed by atoms with Gasteiger partial charge in [0.25, 0.3) is 0 Å². The van der Waals surface area contributed by atoms with Crippen LogP contribution in [0.15, 0.2) is 21.5 Å². The Hall–Kier alpha value is -2.30. The van der Waals surface area contributed by atoms with Crippen LogP contribution in [-0.2, 0) is 22.4 Å². The van der Waals surface area contributed by atoms with Crippen LogP contribution in [0.1, 0.15) is 16.7 Å². The maximum absolute atomic E-state index is 11.8. The van der Waals surface area contributed by atoms with Crippen LogP contribution in [-0.4, -0.2) is 18.2 Å². The highest BCUT2D eigenvalue weighted by Crippen LogP contribution is 2.40. The molecule has 0 radical (unpaired) electrons. The van der Waals surface area contributed by atoms with Crippen molar-refractivity contribution in [1.82, 2.24) is 0 Å². The Morgan fingerprint density at radius 1 is 1.40 bits per heavy atom. The van der Waals surface area contributed by atoms with E-state index in [1.807, 2.05) is 6.92 Å². The number of rotatable bonds is 1. The SMILES string of the molecule is COC(=O)C1Cc2c(c(O)c3c(=O)occc3c2C)C1. The number of aryl methyl sites for hydroxylation is 1. The minimum atomic E-state index is -0.563. The lowest BCUT2D eigenvalue weighted by molar-refractivity contribution is -0.145. The molecule has 0 aliphatic heterocycles. The maximum Gasteiger partial charge on any atom is 0.347 e. The van der Waals surface area contributed by atoms with Crippen molar-refractivity contribution < 1.29 is 19.1 Å². The summed E-state index contributed by atoms with van der Waals surface area (Å²) in [7, 11) is 1.35. The highest BCUT2D eigenvalue weighted by atomic mass is 16.5. The molecule has 1 aliphatic rings. The number of hydrogen-bond acceptors (Lipinski definition) is 5. The lowest BCUT2D eigenvalue weighted by atomic mass is 9.97. The number of phenolic OH excluding ortho intramolecular Hbond substituents is 1. The van der Waals surface area contributed by atoms with Crippen molar-refractivity contribution in [2.75, 3.05) is 7.11 Å². The van der Waals surface area contributed by atoms with Crippen LogP contribution in [0, 0.1) is 12.8 Å². The van der Waals surface area contributed by atoms with Crippen LogP contribution in [0.4, 0.5) is 0 Å². The number of hydrogen-bond donors (Lipinski definition) is 1. The number of benzene rings is 1. The fourth-order valence-electron chi connectivity index (χ4n) is 3.03. The van der Waals surface area contributed by atoms with Crippen molar-refractivity contribution in [1.29, 1.82) is 0 Å². The third kappa shape index (κ3) is 1.62. The van der Waals surface area contributed by atoms with Crippen molar-refractivity contribution in [3.05, 3.63) is 39.4 Å². The summed E-state index contributed by atoms with van der Waals surface area (Å²) in [5, 5.41) is 11.2. The minimum absolute atomic E-state index is 0.0682. The largest absolute Gasteiger partial charge is 0.507 e. The molecular formula is C15H14O5. The van der Waals surface area contributed by atoms with E-state index in [2.05, 4.69) is 0 Å². The molecule has 3 rings (SSSR count). The van der Waals surface area contributed by atoms with Gasteiger partial charge in [-0.1, -0.05) is 0 Å². The van der Waals surface area contributed by atoms with Crippen LogP contribution < -0.4 is 5.63 Å². The molecular weight excluding hydrogens is 260 g/mol. The summed E-state index contributed by atoms with van der Waals surface area (Å²) in [6.07, 6.45) is 2.23. The molecule has 0 saturated carbocycles. The number of fused-ring (bicyclic) bond motifs is 2. The molecule has 0 spiro atoms. The predicted octanol–water partition coefficient (Wildman–Crippen LogP) is 1.69. The number of phenols is 1. The summed E-state index contributed by atoms with van der Waals surface area (Å²) in [5.41, 5.74) is 1.93. The van der Waals surface area contributed by atoms with Crippen LogP contribution >= 0.6 is 0 Å². The predicted molar refractivity (Wildman–Crippen MR) is 71.8 cm³/mol. The van der Waals surface area contributed by atoms with Gasteiger partial charge < -0.3 is 14.3 Å². The van der Waals surface area contributed by atoms with Gasteiger partial charge in [0.1, 0.15) is 11.1 Å². The normalized spacial score (nSPS) is 17.2. The van der Waals surface area contributed by atoms with Gasteiger partial charge in [0, 0.05) is 0 Å². The average Bonchev–Trinajstić information content (AvgIpc) is 2.89. The summed E-state index contributed by atoms with van der Waals surface area (Å²) < 4.78 is 9.59. The second kappa shape index (κ2) is 4.37. The van der Waals surface area contributed by atoms with Crippen molar-refractivity contribution in [2.45, 2.75) is 19.8 Å². The van der Waals surface area contributed by atoms with E-state index in [9.17, 15) is 14.7 Å². The van der Waals surface area contributed by atoms with Crippen molar-refractivity contribution in [2.24, 2.45) is 5.92 Å². The van der Waals surface area contributed by atoms with Gasteiger partial charge >= 0.3 is 11.6 Å². The molecule has 20 heavy (non-hydrogen) atoms. The lowest BCUT2D eigenvalue weighted by Crippen LogP contribution is -2.16. The second-order valence-corrected chi connectivity index (χ2v) is 5.06. The number of carbonyl (C=O) groups excluding carboxylic acids is 1. The Balaban J connectivity index is 2.27. The van der Waals surface area contributed by atoms with Crippen LogP contribution in [0.3, 0.4) is 0 Å². The van der Waals surface area contributed by atoms with E-state index in [-0.39, 0.29) is 23.0 Å². The molecule has 0 saturated heterocycles. The summed E-state index contributed by atoms with van der Waals surface area (Å²) >= 11 is 0.